The highest BCUT2D eigenvalue weighted by Gasteiger charge is 2.44. The molecule has 0 aromatic carbocycles. The van der Waals surface area contributed by atoms with Crippen LogP contribution in [0.1, 0.15) is 51.4 Å². The molecular formula is C14H22O. The monoisotopic (exact) mass is 206 g/mol. The third kappa shape index (κ3) is 1.65. The molecule has 0 bridgehead atoms. The molecule has 0 aromatic rings. The normalized spacial score (nSPS) is 45.3. The Morgan fingerprint density at radius 2 is 1.87 bits per heavy atom. The summed E-state index contributed by atoms with van der Waals surface area (Å²) < 4.78 is 0. The van der Waals surface area contributed by atoms with Gasteiger partial charge in [-0.3, -0.25) is 0 Å². The standard InChI is InChI=1S/C14H22O/c15-14-9-8-12-11(6-7-13(12)14)10-4-2-1-3-5-10/h4,11-15H,1-3,5-9H2. The van der Waals surface area contributed by atoms with Crippen LogP contribution < -0.4 is 0 Å². The predicted octanol–water partition coefficient (Wildman–Crippen LogP) is 3.28. The van der Waals surface area contributed by atoms with E-state index in [1.54, 1.807) is 5.57 Å². The first kappa shape index (κ1) is 9.89. The van der Waals surface area contributed by atoms with Gasteiger partial charge in [0.2, 0.25) is 0 Å². The summed E-state index contributed by atoms with van der Waals surface area (Å²) in [5.74, 6) is 2.34. The molecule has 0 saturated heterocycles. The Morgan fingerprint density at radius 1 is 1.00 bits per heavy atom. The van der Waals surface area contributed by atoms with E-state index >= 15 is 0 Å². The molecule has 0 aliphatic heterocycles. The van der Waals surface area contributed by atoms with Gasteiger partial charge < -0.3 is 5.11 Å². The van der Waals surface area contributed by atoms with E-state index in [0.29, 0.717) is 5.92 Å². The van der Waals surface area contributed by atoms with Gasteiger partial charge in [0.25, 0.3) is 0 Å². The van der Waals surface area contributed by atoms with Crippen LogP contribution in [0.4, 0.5) is 0 Å². The van der Waals surface area contributed by atoms with Crippen molar-refractivity contribution in [1.29, 1.82) is 0 Å². The van der Waals surface area contributed by atoms with Gasteiger partial charge in [0.15, 0.2) is 0 Å². The molecule has 3 aliphatic rings. The Labute approximate surface area is 92.6 Å². The van der Waals surface area contributed by atoms with Crippen LogP contribution in [-0.4, -0.2) is 11.2 Å². The van der Waals surface area contributed by atoms with Crippen molar-refractivity contribution in [2.45, 2.75) is 57.5 Å². The molecule has 4 unspecified atom stereocenters. The summed E-state index contributed by atoms with van der Waals surface area (Å²) in [5, 5.41) is 9.90. The minimum absolute atomic E-state index is 0.0317. The quantitative estimate of drug-likeness (QED) is 0.653. The van der Waals surface area contributed by atoms with Crippen LogP contribution in [0.5, 0.6) is 0 Å². The number of allylic oxidation sites excluding steroid dienone is 2. The molecule has 0 spiro atoms. The molecule has 1 nitrogen and oxygen atoms in total. The van der Waals surface area contributed by atoms with Gasteiger partial charge in [-0.15, -0.1) is 0 Å². The lowest BCUT2D eigenvalue weighted by Crippen LogP contribution is -2.17. The fourth-order valence-electron chi connectivity index (χ4n) is 4.23. The molecule has 1 heteroatoms. The average Bonchev–Trinajstić information content (AvgIpc) is 2.83. The van der Waals surface area contributed by atoms with Crippen LogP contribution in [0.15, 0.2) is 11.6 Å². The lowest BCUT2D eigenvalue weighted by molar-refractivity contribution is 0.124. The van der Waals surface area contributed by atoms with Gasteiger partial charge in [0, 0.05) is 0 Å². The molecule has 0 aromatic heterocycles. The van der Waals surface area contributed by atoms with Gasteiger partial charge >= 0.3 is 0 Å². The van der Waals surface area contributed by atoms with E-state index in [-0.39, 0.29) is 6.10 Å². The first-order chi connectivity index (χ1) is 7.36. The maximum absolute atomic E-state index is 9.90. The maximum atomic E-state index is 9.90. The zero-order valence-electron chi connectivity index (χ0n) is 9.49. The highest BCUT2D eigenvalue weighted by molar-refractivity contribution is 5.15. The summed E-state index contributed by atoms with van der Waals surface area (Å²) in [4.78, 5) is 0. The Hall–Kier alpha value is -0.300. The van der Waals surface area contributed by atoms with Crippen molar-refractivity contribution in [2.24, 2.45) is 17.8 Å². The summed E-state index contributed by atoms with van der Waals surface area (Å²) in [6.07, 6.45) is 13.0. The molecule has 84 valence electrons. The zero-order chi connectivity index (χ0) is 10.3. The fourth-order valence-corrected chi connectivity index (χ4v) is 4.23. The molecule has 3 rings (SSSR count). The van der Waals surface area contributed by atoms with Crippen molar-refractivity contribution >= 4 is 0 Å². The molecule has 0 heterocycles. The number of hydrogen-bond donors (Lipinski definition) is 1. The lowest BCUT2D eigenvalue weighted by atomic mass is 9.81. The second-order valence-electron chi connectivity index (χ2n) is 5.68. The largest absolute Gasteiger partial charge is 0.393 e. The minimum atomic E-state index is 0.0317. The molecule has 0 amide bonds. The molecule has 15 heavy (non-hydrogen) atoms. The summed E-state index contributed by atoms with van der Waals surface area (Å²) in [5.41, 5.74) is 1.75. The Kier molecular flexibility index (Phi) is 2.59. The van der Waals surface area contributed by atoms with E-state index in [2.05, 4.69) is 6.08 Å². The van der Waals surface area contributed by atoms with Gasteiger partial charge in [-0.05, 0) is 69.1 Å². The minimum Gasteiger partial charge on any atom is -0.393 e. The Balaban J connectivity index is 1.75. The molecular weight excluding hydrogens is 184 g/mol. The second kappa shape index (κ2) is 3.93. The van der Waals surface area contributed by atoms with E-state index < -0.39 is 0 Å². The third-order valence-corrected chi connectivity index (χ3v) is 4.97. The van der Waals surface area contributed by atoms with Crippen LogP contribution in [0.25, 0.3) is 0 Å². The van der Waals surface area contributed by atoms with Crippen molar-refractivity contribution in [3.05, 3.63) is 11.6 Å². The van der Waals surface area contributed by atoms with E-state index in [1.807, 2.05) is 0 Å². The van der Waals surface area contributed by atoms with Gasteiger partial charge in [-0.2, -0.15) is 0 Å². The van der Waals surface area contributed by atoms with Gasteiger partial charge in [-0.25, -0.2) is 0 Å². The van der Waals surface area contributed by atoms with Crippen molar-refractivity contribution in [1.82, 2.24) is 0 Å². The third-order valence-electron chi connectivity index (χ3n) is 4.97. The molecule has 3 aliphatic carbocycles. The second-order valence-corrected chi connectivity index (χ2v) is 5.68. The van der Waals surface area contributed by atoms with Crippen molar-refractivity contribution in [3.63, 3.8) is 0 Å². The van der Waals surface area contributed by atoms with Gasteiger partial charge in [0.1, 0.15) is 0 Å². The molecule has 2 fully saturated rings. The number of fused-ring (bicyclic) bond motifs is 1. The van der Waals surface area contributed by atoms with Gasteiger partial charge in [-0.1, -0.05) is 11.6 Å². The van der Waals surface area contributed by atoms with E-state index in [4.69, 9.17) is 0 Å². The molecule has 2 saturated carbocycles. The fraction of sp³-hybridized carbons (Fsp3) is 0.857. The summed E-state index contributed by atoms with van der Waals surface area (Å²) in [7, 11) is 0. The number of aliphatic hydroxyl groups is 1. The summed E-state index contributed by atoms with van der Waals surface area (Å²) in [6.45, 7) is 0. The van der Waals surface area contributed by atoms with Crippen LogP contribution in [-0.2, 0) is 0 Å². The van der Waals surface area contributed by atoms with Crippen LogP contribution in [0.2, 0.25) is 0 Å². The van der Waals surface area contributed by atoms with E-state index in [1.165, 1.54) is 44.9 Å². The predicted molar refractivity (Wildman–Crippen MR) is 61.5 cm³/mol. The average molecular weight is 206 g/mol. The van der Waals surface area contributed by atoms with Crippen LogP contribution in [0, 0.1) is 17.8 Å². The highest BCUT2D eigenvalue weighted by Crippen LogP contribution is 2.51. The molecule has 1 N–H and O–H groups in total. The van der Waals surface area contributed by atoms with E-state index in [0.717, 1.165) is 18.3 Å². The summed E-state index contributed by atoms with van der Waals surface area (Å²) in [6, 6.07) is 0. The SMILES string of the molecule is OC1CCC2C(C3=CCCCC3)CCC12. The first-order valence-corrected chi connectivity index (χ1v) is 6.73. The zero-order valence-corrected chi connectivity index (χ0v) is 9.49. The number of rotatable bonds is 1. The smallest absolute Gasteiger partial charge is 0.0571 e. The summed E-state index contributed by atoms with van der Waals surface area (Å²) >= 11 is 0. The maximum Gasteiger partial charge on any atom is 0.0571 e. The molecule has 4 atom stereocenters. The van der Waals surface area contributed by atoms with Crippen LogP contribution in [0.3, 0.4) is 0 Å². The first-order valence-electron chi connectivity index (χ1n) is 6.73. The van der Waals surface area contributed by atoms with E-state index in [9.17, 15) is 5.11 Å². The Morgan fingerprint density at radius 3 is 2.67 bits per heavy atom. The van der Waals surface area contributed by atoms with Crippen LogP contribution >= 0.6 is 0 Å². The topological polar surface area (TPSA) is 20.2 Å². The highest BCUT2D eigenvalue weighted by atomic mass is 16.3. The van der Waals surface area contributed by atoms with Gasteiger partial charge in [0.05, 0.1) is 6.10 Å². The number of aliphatic hydroxyl groups excluding tert-OH is 1. The number of hydrogen-bond acceptors (Lipinski definition) is 1. The lowest BCUT2D eigenvalue weighted by Gasteiger charge is -2.24. The van der Waals surface area contributed by atoms with Crippen molar-refractivity contribution < 1.29 is 5.11 Å². The molecule has 0 radical (unpaired) electrons. The Bertz CT molecular complexity index is 269. The van der Waals surface area contributed by atoms with Crippen molar-refractivity contribution in [3.8, 4) is 0 Å². The van der Waals surface area contributed by atoms with Crippen molar-refractivity contribution in [2.75, 3.05) is 0 Å².